The summed E-state index contributed by atoms with van der Waals surface area (Å²) in [5, 5.41) is 0. The van der Waals surface area contributed by atoms with E-state index in [0.29, 0.717) is 5.56 Å². The van der Waals surface area contributed by atoms with Crippen molar-refractivity contribution in [3.63, 3.8) is 0 Å². The van der Waals surface area contributed by atoms with Gasteiger partial charge >= 0.3 is 0 Å². The van der Waals surface area contributed by atoms with Crippen LogP contribution in [0.15, 0.2) is 24.3 Å². The molecule has 0 saturated carbocycles. The molecule has 2 unspecified atom stereocenters. The molecule has 0 spiro atoms. The van der Waals surface area contributed by atoms with Crippen LogP contribution < -0.4 is 5.73 Å². The molecule has 1 fully saturated rings. The zero-order valence-electron chi connectivity index (χ0n) is 11.0. The minimum Gasteiger partial charge on any atom is -0.332 e. The molecule has 1 heterocycles. The lowest BCUT2D eigenvalue weighted by molar-refractivity contribution is -0.130. The van der Waals surface area contributed by atoms with E-state index in [4.69, 9.17) is 5.73 Å². The van der Waals surface area contributed by atoms with Gasteiger partial charge in [0.25, 0.3) is 6.43 Å². The van der Waals surface area contributed by atoms with Crippen LogP contribution in [0.25, 0.3) is 0 Å². The second-order valence-corrected chi connectivity index (χ2v) is 5.18. The van der Waals surface area contributed by atoms with Gasteiger partial charge in [0.2, 0.25) is 5.91 Å². The van der Waals surface area contributed by atoms with Gasteiger partial charge in [-0.2, -0.15) is 0 Å². The van der Waals surface area contributed by atoms with Gasteiger partial charge < -0.3 is 10.6 Å². The smallest absolute Gasteiger partial charge is 0.263 e. The Labute approximate surface area is 111 Å². The predicted molar refractivity (Wildman–Crippen MR) is 68.7 cm³/mol. The maximum absolute atomic E-state index is 12.8. The quantitative estimate of drug-likeness (QED) is 0.916. The van der Waals surface area contributed by atoms with Crippen molar-refractivity contribution in [1.82, 2.24) is 4.90 Å². The molecule has 2 atom stereocenters. The Bertz CT molecular complexity index is 476. The van der Waals surface area contributed by atoms with E-state index >= 15 is 0 Å². The highest BCUT2D eigenvalue weighted by atomic mass is 19.3. The Hall–Kier alpha value is -1.49. The number of nitrogens with zero attached hydrogens (tertiary/aromatic N) is 1. The molecule has 0 aromatic heterocycles. The lowest BCUT2D eigenvalue weighted by Crippen LogP contribution is -2.37. The first-order valence-electron chi connectivity index (χ1n) is 6.36. The van der Waals surface area contributed by atoms with E-state index < -0.39 is 6.43 Å². The Morgan fingerprint density at radius 2 is 2.05 bits per heavy atom. The van der Waals surface area contributed by atoms with E-state index in [2.05, 4.69) is 0 Å². The Morgan fingerprint density at radius 3 is 2.63 bits per heavy atom. The molecule has 19 heavy (non-hydrogen) atoms. The van der Waals surface area contributed by atoms with Gasteiger partial charge in [-0.3, -0.25) is 4.79 Å². The number of carbonyl (C=O) groups excluding carboxylic acids is 1. The van der Waals surface area contributed by atoms with Crippen molar-refractivity contribution in [1.29, 1.82) is 0 Å². The normalized spacial score (nSPS) is 23.7. The van der Waals surface area contributed by atoms with Gasteiger partial charge in [0.15, 0.2) is 0 Å². The maximum Gasteiger partial charge on any atom is 0.263 e. The largest absolute Gasteiger partial charge is 0.332 e. The first-order chi connectivity index (χ1) is 8.91. The van der Waals surface area contributed by atoms with Crippen LogP contribution in [0, 0.1) is 0 Å². The van der Waals surface area contributed by atoms with Crippen LogP contribution in [-0.4, -0.2) is 22.9 Å². The molecule has 2 N–H and O–H groups in total. The van der Waals surface area contributed by atoms with Crippen LogP contribution in [0.3, 0.4) is 0 Å². The fourth-order valence-corrected chi connectivity index (χ4v) is 2.68. The Kier molecular flexibility index (Phi) is 3.85. The van der Waals surface area contributed by atoms with Crippen molar-refractivity contribution in [2.45, 2.75) is 44.8 Å². The van der Waals surface area contributed by atoms with Crippen LogP contribution in [0.2, 0.25) is 0 Å². The molecule has 1 aliphatic heterocycles. The van der Waals surface area contributed by atoms with E-state index in [1.165, 1.54) is 12.1 Å². The van der Waals surface area contributed by atoms with E-state index in [9.17, 15) is 13.6 Å². The standard InChI is InChI=1S/C14H18F2N2O/c1-8(2)18-12(19)7-11(17)13(18)9-4-3-5-10(6-9)14(15)16/h3-6,8,11,13-14H,7,17H2,1-2H3. The molecule has 0 bridgehead atoms. The summed E-state index contributed by atoms with van der Waals surface area (Å²) in [6.07, 6.45) is -2.25. The number of likely N-dealkylation sites (tertiary alicyclic amines) is 1. The zero-order valence-corrected chi connectivity index (χ0v) is 11.0. The van der Waals surface area contributed by atoms with Gasteiger partial charge in [-0.1, -0.05) is 18.2 Å². The lowest BCUT2D eigenvalue weighted by atomic mass is 9.98. The molecular formula is C14H18F2N2O. The van der Waals surface area contributed by atoms with Crippen molar-refractivity contribution in [3.05, 3.63) is 35.4 Å². The van der Waals surface area contributed by atoms with Crippen LogP contribution in [-0.2, 0) is 4.79 Å². The van der Waals surface area contributed by atoms with Crippen LogP contribution in [0.4, 0.5) is 8.78 Å². The van der Waals surface area contributed by atoms with E-state index in [0.717, 1.165) is 0 Å². The van der Waals surface area contributed by atoms with Crippen molar-refractivity contribution < 1.29 is 13.6 Å². The van der Waals surface area contributed by atoms with Gasteiger partial charge in [0.05, 0.1) is 6.04 Å². The average Bonchev–Trinajstić information content (AvgIpc) is 2.64. The molecule has 1 aliphatic rings. The monoisotopic (exact) mass is 268 g/mol. The van der Waals surface area contributed by atoms with E-state index in [1.54, 1.807) is 17.0 Å². The molecule has 1 amide bonds. The highest BCUT2D eigenvalue weighted by Crippen LogP contribution is 2.35. The van der Waals surface area contributed by atoms with Crippen molar-refractivity contribution in [2.75, 3.05) is 0 Å². The van der Waals surface area contributed by atoms with E-state index in [1.807, 2.05) is 13.8 Å². The summed E-state index contributed by atoms with van der Waals surface area (Å²) in [6.45, 7) is 3.81. The number of nitrogens with two attached hydrogens (primary N) is 1. The average molecular weight is 268 g/mol. The van der Waals surface area contributed by atoms with Gasteiger partial charge in [-0.25, -0.2) is 8.78 Å². The summed E-state index contributed by atoms with van der Waals surface area (Å²) in [7, 11) is 0. The molecule has 1 aromatic rings. The Balaban J connectivity index is 2.38. The fourth-order valence-electron chi connectivity index (χ4n) is 2.68. The highest BCUT2D eigenvalue weighted by molar-refractivity contribution is 5.80. The molecule has 1 aromatic carbocycles. The molecule has 5 heteroatoms. The van der Waals surface area contributed by atoms with Gasteiger partial charge in [-0.15, -0.1) is 0 Å². The summed E-state index contributed by atoms with van der Waals surface area (Å²) in [5.41, 5.74) is 6.66. The topological polar surface area (TPSA) is 46.3 Å². The number of benzene rings is 1. The first kappa shape index (κ1) is 13.9. The molecule has 3 nitrogen and oxygen atoms in total. The van der Waals surface area contributed by atoms with Crippen LogP contribution >= 0.6 is 0 Å². The van der Waals surface area contributed by atoms with Crippen LogP contribution in [0.5, 0.6) is 0 Å². The number of rotatable bonds is 3. The lowest BCUT2D eigenvalue weighted by Gasteiger charge is -2.31. The third-order valence-corrected chi connectivity index (χ3v) is 3.46. The zero-order chi connectivity index (χ0) is 14.2. The van der Waals surface area contributed by atoms with Gasteiger partial charge in [0, 0.05) is 24.1 Å². The summed E-state index contributed by atoms with van der Waals surface area (Å²) in [5.74, 6) is -0.0186. The van der Waals surface area contributed by atoms with Crippen molar-refractivity contribution >= 4 is 5.91 Å². The SMILES string of the molecule is CC(C)N1C(=O)CC(N)C1c1cccc(C(F)F)c1. The Morgan fingerprint density at radius 1 is 1.37 bits per heavy atom. The van der Waals surface area contributed by atoms with Gasteiger partial charge in [-0.05, 0) is 25.5 Å². The minimum absolute atomic E-state index is 0.00116. The molecule has 2 rings (SSSR count). The number of amides is 1. The van der Waals surface area contributed by atoms with Crippen molar-refractivity contribution in [3.8, 4) is 0 Å². The molecule has 1 saturated heterocycles. The molecule has 0 aliphatic carbocycles. The predicted octanol–water partition coefficient (Wildman–Crippen LogP) is 2.63. The number of halogens is 2. The van der Waals surface area contributed by atoms with Crippen molar-refractivity contribution in [2.24, 2.45) is 5.73 Å². The fraction of sp³-hybridized carbons (Fsp3) is 0.500. The number of alkyl halides is 2. The summed E-state index contributed by atoms with van der Waals surface area (Å²) >= 11 is 0. The van der Waals surface area contributed by atoms with E-state index in [-0.39, 0.29) is 36.0 Å². The van der Waals surface area contributed by atoms with Crippen LogP contribution in [0.1, 0.15) is 43.9 Å². The number of carbonyl (C=O) groups is 1. The summed E-state index contributed by atoms with van der Waals surface area (Å²) in [6, 6.07) is 5.52. The third-order valence-electron chi connectivity index (χ3n) is 3.46. The second-order valence-electron chi connectivity index (χ2n) is 5.18. The highest BCUT2D eigenvalue weighted by Gasteiger charge is 2.39. The summed E-state index contributed by atoms with van der Waals surface area (Å²) < 4.78 is 25.5. The summed E-state index contributed by atoms with van der Waals surface area (Å²) in [4.78, 5) is 13.6. The third kappa shape index (κ3) is 2.61. The maximum atomic E-state index is 12.8. The molecule has 104 valence electrons. The van der Waals surface area contributed by atoms with Gasteiger partial charge in [0.1, 0.15) is 0 Å². The number of hydrogen-bond donors (Lipinski definition) is 1. The number of hydrogen-bond acceptors (Lipinski definition) is 2. The minimum atomic E-state index is -2.51. The molecular weight excluding hydrogens is 250 g/mol. The first-order valence-corrected chi connectivity index (χ1v) is 6.36. The molecule has 0 radical (unpaired) electrons. The second kappa shape index (κ2) is 5.25.